The number of carbonyl (C=O) groups is 2. The lowest BCUT2D eigenvalue weighted by molar-refractivity contribution is -0.119. The molecule has 1 aliphatic rings. The van der Waals surface area contributed by atoms with Crippen LogP contribution >= 0.6 is 0 Å². The minimum absolute atomic E-state index is 0.0418. The molecule has 0 spiro atoms. The van der Waals surface area contributed by atoms with E-state index in [0.29, 0.717) is 17.3 Å². The third kappa shape index (κ3) is 4.77. The van der Waals surface area contributed by atoms with E-state index < -0.39 is 26.0 Å². The summed E-state index contributed by atoms with van der Waals surface area (Å²) >= 11 is 0. The quantitative estimate of drug-likeness (QED) is 0.608. The largest absolute Gasteiger partial charge is 0.356 e. The number of rotatable bonds is 7. The third-order valence-electron chi connectivity index (χ3n) is 3.48. The van der Waals surface area contributed by atoms with Crippen molar-refractivity contribution in [3.8, 4) is 0 Å². The predicted molar refractivity (Wildman–Crippen MR) is 90.8 cm³/mol. The molecule has 2 amide bonds. The molecule has 2 rings (SSSR count). The summed E-state index contributed by atoms with van der Waals surface area (Å²) in [6.45, 7) is 1.87. The molecule has 0 atom stereocenters. The Bertz CT molecular complexity index is 862. The highest BCUT2D eigenvalue weighted by Crippen LogP contribution is 2.26. The van der Waals surface area contributed by atoms with Crippen molar-refractivity contribution in [3.63, 3.8) is 0 Å². The minimum atomic E-state index is -3.76. The second kappa shape index (κ2) is 7.50. The summed E-state index contributed by atoms with van der Waals surface area (Å²) in [5.41, 5.74) is 0.118. The van der Waals surface area contributed by atoms with Gasteiger partial charge in [-0.1, -0.05) is 0 Å². The molecular weight excluding hydrogens is 370 g/mol. The summed E-state index contributed by atoms with van der Waals surface area (Å²) in [6, 6.07) is 5.05. The average Bonchev–Trinajstić information content (AvgIpc) is 2.80. The van der Waals surface area contributed by atoms with Crippen LogP contribution in [0.15, 0.2) is 29.2 Å². The second-order valence-electron chi connectivity index (χ2n) is 5.45. The van der Waals surface area contributed by atoms with Crippen molar-refractivity contribution in [1.82, 2.24) is 10.0 Å². The van der Waals surface area contributed by atoms with Crippen LogP contribution in [0, 0.1) is 0 Å². The van der Waals surface area contributed by atoms with Gasteiger partial charge in [0.15, 0.2) is 0 Å². The van der Waals surface area contributed by atoms with E-state index >= 15 is 0 Å². The first kappa shape index (κ1) is 19.3. The molecule has 11 heteroatoms. The summed E-state index contributed by atoms with van der Waals surface area (Å²) in [7, 11) is -7.44. The fourth-order valence-electron chi connectivity index (χ4n) is 2.27. The van der Waals surface area contributed by atoms with E-state index in [4.69, 9.17) is 0 Å². The fourth-order valence-corrected chi connectivity index (χ4v) is 4.81. The molecule has 1 heterocycles. The van der Waals surface area contributed by atoms with E-state index in [9.17, 15) is 26.4 Å². The lowest BCUT2D eigenvalue weighted by Gasteiger charge is -2.15. The molecule has 0 saturated carbocycles. The van der Waals surface area contributed by atoms with Gasteiger partial charge in [0.2, 0.25) is 31.9 Å². The van der Waals surface area contributed by atoms with Crippen LogP contribution in [0.1, 0.15) is 19.8 Å². The predicted octanol–water partition coefficient (Wildman–Crippen LogP) is -0.442. The molecule has 1 saturated heterocycles. The summed E-state index contributed by atoms with van der Waals surface area (Å²) in [5, 5.41) is 2.55. The molecule has 2 N–H and O–H groups in total. The maximum Gasteiger partial charge on any atom is 0.242 e. The summed E-state index contributed by atoms with van der Waals surface area (Å²) in [5.74, 6) is -0.974. The van der Waals surface area contributed by atoms with Crippen LogP contribution in [-0.2, 0) is 29.6 Å². The minimum Gasteiger partial charge on any atom is -0.356 e. The third-order valence-corrected chi connectivity index (χ3v) is 6.65. The molecule has 0 aliphatic carbocycles. The lowest BCUT2D eigenvalue weighted by atomic mass is 10.3. The van der Waals surface area contributed by atoms with Crippen LogP contribution in [0.3, 0.4) is 0 Å². The molecule has 1 fully saturated rings. The van der Waals surface area contributed by atoms with Gasteiger partial charge in [-0.3, -0.25) is 9.59 Å². The van der Waals surface area contributed by atoms with E-state index in [1.165, 1.54) is 31.2 Å². The Morgan fingerprint density at radius 3 is 2.36 bits per heavy atom. The first-order valence-corrected chi connectivity index (χ1v) is 10.6. The topological polar surface area (TPSA) is 130 Å². The number of hydrogen-bond donors (Lipinski definition) is 2. The Labute approximate surface area is 146 Å². The van der Waals surface area contributed by atoms with Crippen LogP contribution < -0.4 is 14.3 Å². The zero-order chi connectivity index (χ0) is 18.7. The van der Waals surface area contributed by atoms with Gasteiger partial charge in [0, 0.05) is 26.4 Å². The molecule has 1 aromatic rings. The fraction of sp³-hybridized carbons (Fsp3) is 0.429. The maximum atomic E-state index is 12.2. The lowest BCUT2D eigenvalue weighted by Crippen LogP contribution is -2.30. The SMILES string of the molecule is CC(=O)NCCCNS(=O)(=O)c1ccc(N2C(=O)CCS2(=O)=O)cc1. The molecule has 0 bridgehead atoms. The van der Waals surface area contributed by atoms with Crippen LogP contribution in [-0.4, -0.2) is 47.5 Å². The Hall–Kier alpha value is -1.98. The number of nitrogens with zero attached hydrogens (tertiary/aromatic N) is 1. The van der Waals surface area contributed by atoms with Crippen molar-refractivity contribution in [2.45, 2.75) is 24.7 Å². The number of carbonyl (C=O) groups excluding carboxylic acids is 2. The van der Waals surface area contributed by atoms with Crippen LogP contribution in [0.4, 0.5) is 5.69 Å². The number of anilines is 1. The molecule has 138 valence electrons. The van der Waals surface area contributed by atoms with Crippen molar-refractivity contribution in [1.29, 1.82) is 0 Å². The first-order chi connectivity index (χ1) is 11.6. The van der Waals surface area contributed by atoms with Gasteiger partial charge in [-0.05, 0) is 30.7 Å². The molecule has 9 nitrogen and oxygen atoms in total. The standard InChI is InChI=1S/C14H19N3O6S2/c1-11(18)15-8-2-9-16-25(22,23)13-5-3-12(4-6-13)17-14(19)7-10-24(17,20)21/h3-6,16H,2,7-10H2,1H3,(H,15,18). The zero-order valence-corrected chi connectivity index (χ0v) is 15.2. The smallest absolute Gasteiger partial charge is 0.242 e. The van der Waals surface area contributed by atoms with E-state index in [2.05, 4.69) is 10.0 Å². The second-order valence-corrected chi connectivity index (χ2v) is 9.16. The Morgan fingerprint density at radius 1 is 1.20 bits per heavy atom. The zero-order valence-electron chi connectivity index (χ0n) is 13.6. The maximum absolute atomic E-state index is 12.2. The van der Waals surface area contributed by atoms with Gasteiger partial charge in [0.1, 0.15) is 0 Å². The molecule has 0 unspecified atom stereocenters. The van der Waals surface area contributed by atoms with Gasteiger partial charge in [0.25, 0.3) is 0 Å². The van der Waals surface area contributed by atoms with Crippen molar-refractivity contribution >= 4 is 37.5 Å². The monoisotopic (exact) mass is 389 g/mol. The van der Waals surface area contributed by atoms with Gasteiger partial charge < -0.3 is 5.32 Å². The van der Waals surface area contributed by atoms with Gasteiger partial charge in [-0.15, -0.1) is 0 Å². The Balaban J connectivity index is 2.03. The first-order valence-electron chi connectivity index (χ1n) is 7.53. The average molecular weight is 389 g/mol. The molecule has 25 heavy (non-hydrogen) atoms. The normalized spacial score (nSPS) is 16.8. The highest BCUT2D eigenvalue weighted by molar-refractivity contribution is 7.94. The van der Waals surface area contributed by atoms with E-state index in [1.54, 1.807) is 0 Å². The van der Waals surface area contributed by atoms with Crippen LogP contribution in [0.5, 0.6) is 0 Å². The molecular formula is C14H19N3O6S2. The summed E-state index contributed by atoms with van der Waals surface area (Å²) in [4.78, 5) is 22.4. The highest BCUT2D eigenvalue weighted by Gasteiger charge is 2.36. The summed E-state index contributed by atoms with van der Waals surface area (Å²) in [6.07, 6.45) is 0.343. The molecule has 0 aromatic heterocycles. The van der Waals surface area contributed by atoms with Crippen LogP contribution in [0.25, 0.3) is 0 Å². The van der Waals surface area contributed by atoms with Crippen molar-refractivity contribution in [2.75, 3.05) is 23.1 Å². The molecule has 0 radical (unpaired) electrons. The number of hydrogen-bond acceptors (Lipinski definition) is 6. The van der Waals surface area contributed by atoms with E-state index in [-0.39, 0.29) is 35.2 Å². The van der Waals surface area contributed by atoms with Crippen molar-refractivity contribution in [3.05, 3.63) is 24.3 Å². The number of amides is 2. The number of sulfonamides is 2. The van der Waals surface area contributed by atoms with E-state index in [1.807, 2.05) is 0 Å². The number of nitrogens with one attached hydrogen (secondary N) is 2. The van der Waals surface area contributed by atoms with E-state index in [0.717, 1.165) is 0 Å². The van der Waals surface area contributed by atoms with Gasteiger partial charge in [-0.2, -0.15) is 0 Å². The van der Waals surface area contributed by atoms with Gasteiger partial charge in [0.05, 0.1) is 16.3 Å². The van der Waals surface area contributed by atoms with Gasteiger partial charge >= 0.3 is 0 Å². The Kier molecular flexibility index (Phi) is 5.80. The van der Waals surface area contributed by atoms with Crippen LogP contribution in [0.2, 0.25) is 0 Å². The summed E-state index contributed by atoms with van der Waals surface area (Å²) < 4.78 is 51.1. The Morgan fingerprint density at radius 2 is 1.84 bits per heavy atom. The highest BCUT2D eigenvalue weighted by atomic mass is 32.2. The molecule has 1 aromatic carbocycles. The van der Waals surface area contributed by atoms with Crippen molar-refractivity contribution in [2.24, 2.45) is 0 Å². The van der Waals surface area contributed by atoms with Gasteiger partial charge in [-0.25, -0.2) is 25.9 Å². The van der Waals surface area contributed by atoms with Crippen molar-refractivity contribution < 1.29 is 26.4 Å². The number of benzene rings is 1. The molecule has 1 aliphatic heterocycles.